The van der Waals surface area contributed by atoms with E-state index in [2.05, 4.69) is 17.1 Å². The first-order valence-corrected chi connectivity index (χ1v) is 6.46. The number of ether oxygens (including phenoxy) is 1. The van der Waals surface area contributed by atoms with Crippen LogP contribution in [0.25, 0.3) is 0 Å². The van der Waals surface area contributed by atoms with Crippen LogP contribution in [0.2, 0.25) is 0 Å². The number of esters is 1. The van der Waals surface area contributed by atoms with E-state index in [0.29, 0.717) is 24.0 Å². The maximum absolute atomic E-state index is 11.8. The van der Waals surface area contributed by atoms with Gasteiger partial charge in [-0.15, -0.1) is 0 Å². The van der Waals surface area contributed by atoms with E-state index in [1.54, 1.807) is 6.92 Å². The molecular weight excluding hydrogens is 242 g/mol. The van der Waals surface area contributed by atoms with Crippen molar-refractivity contribution < 1.29 is 13.9 Å². The molecule has 19 heavy (non-hydrogen) atoms. The quantitative estimate of drug-likeness (QED) is 0.790. The van der Waals surface area contributed by atoms with E-state index in [0.717, 1.165) is 6.42 Å². The molecule has 0 bridgehead atoms. The van der Waals surface area contributed by atoms with E-state index in [1.165, 1.54) is 12.0 Å². The van der Waals surface area contributed by atoms with Gasteiger partial charge in [-0.2, -0.15) is 0 Å². The lowest BCUT2D eigenvalue weighted by atomic mass is 10.1. The predicted molar refractivity (Wildman–Crippen MR) is 69.0 cm³/mol. The van der Waals surface area contributed by atoms with Crippen LogP contribution in [0.5, 0.6) is 0 Å². The van der Waals surface area contributed by atoms with Crippen LogP contribution in [0.4, 0.5) is 0 Å². The summed E-state index contributed by atoms with van der Waals surface area (Å²) in [5.41, 5.74) is 1.60. The summed E-state index contributed by atoms with van der Waals surface area (Å²) in [6, 6.07) is 10.3. The van der Waals surface area contributed by atoms with Gasteiger partial charge in [0.25, 0.3) is 0 Å². The van der Waals surface area contributed by atoms with Gasteiger partial charge >= 0.3 is 5.97 Å². The average Bonchev–Trinajstić information content (AvgIpc) is 3.08. The number of benzene rings is 1. The van der Waals surface area contributed by atoms with Gasteiger partial charge in [-0.1, -0.05) is 30.3 Å². The van der Waals surface area contributed by atoms with E-state index in [9.17, 15) is 4.79 Å². The Morgan fingerprint density at radius 1 is 1.37 bits per heavy atom. The van der Waals surface area contributed by atoms with Crippen LogP contribution in [0.15, 0.2) is 41.1 Å². The van der Waals surface area contributed by atoms with Gasteiger partial charge in [-0.25, -0.2) is 9.78 Å². The van der Waals surface area contributed by atoms with Crippen LogP contribution in [-0.4, -0.2) is 17.6 Å². The second-order valence-electron chi connectivity index (χ2n) is 4.65. The molecule has 4 heteroatoms. The van der Waals surface area contributed by atoms with E-state index in [-0.39, 0.29) is 5.92 Å². The summed E-state index contributed by atoms with van der Waals surface area (Å²) in [5, 5.41) is 0. The lowest BCUT2D eigenvalue weighted by Gasteiger charge is -2.01. The lowest BCUT2D eigenvalue weighted by Crippen LogP contribution is -2.07. The van der Waals surface area contributed by atoms with Crippen molar-refractivity contribution >= 4 is 5.97 Å². The third-order valence-electron chi connectivity index (χ3n) is 3.42. The van der Waals surface area contributed by atoms with E-state index in [4.69, 9.17) is 9.15 Å². The van der Waals surface area contributed by atoms with Crippen LogP contribution < -0.4 is 0 Å². The molecule has 1 fully saturated rings. The number of hydrogen-bond donors (Lipinski definition) is 0. The predicted octanol–water partition coefficient (Wildman–Crippen LogP) is 3.12. The van der Waals surface area contributed by atoms with Crippen molar-refractivity contribution in [3.63, 3.8) is 0 Å². The molecule has 4 nitrogen and oxygen atoms in total. The summed E-state index contributed by atoms with van der Waals surface area (Å²) in [5.74, 6) is 0.920. The first kappa shape index (κ1) is 12.0. The fourth-order valence-corrected chi connectivity index (χ4v) is 2.42. The Balaban J connectivity index is 1.79. The smallest absolute Gasteiger partial charge is 0.360 e. The number of nitrogens with zero attached hydrogens (tertiary/aromatic N) is 1. The van der Waals surface area contributed by atoms with Crippen molar-refractivity contribution in [1.82, 2.24) is 4.98 Å². The average molecular weight is 257 g/mol. The number of oxazole rings is 1. The number of hydrogen-bond acceptors (Lipinski definition) is 4. The lowest BCUT2D eigenvalue weighted by molar-refractivity contribution is 0.0517. The minimum Gasteiger partial charge on any atom is -0.461 e. The minimum atomic E-state index is -0.398. The molecule has 98 valence electrons. The highest BCUT2D eigenvalue weighted by molar-refractivity contribution is 5.88. The molecule has 1 heterocycles. The van der Waals surface area contributed by atoms with Crippen molar-refractivity contribution in [2.45, 2.75) is 25.2 Å². The van der Waals surface area contributed by atoms with Crippen LogP contribution >= 0.6 is 0 Å². The van der Waals surface area contributed by atoms with E-state index in [1.807, 2.05) is 18.2 Å². The molecule has 2 unspecified atom stereocenters. The summed E-state index contributed by atoms with van der Waals surface area (Å²) in [6.07, 6.45) is 2.31. The highest BCUT2D eigenvalue weighted by atomic mass is 16.5. The van der Waals surface area contributed by atoms with Crippen molar-refractivity contribution in [1.29, 1.82) is 0 Å². The molecule has 0 aliphatic heterocycles. The molecule has 1 aromatic heterocycles. The van der Waals surface area contributed by atoms with Crippen LogP contribution in [0.1, 0.15) is 47.0 Å². The Bertz CT molecular complexity index is 576. The van der Waals surface area contributed by atoms with Gasteiger partial charge in [0.1, 0.15) is 5.76 Å². The largest absolute Gasteiger partial charge is 0.461 e. The first-order chi connectivity index (χ1) is 9.31. The topological polar surface area (TPSA) is 52.3 Å². The van der Waals surface area contributed by atoms with Crippen molar-refractivity contribution in [3.05, 3.63) is 53.7 Å². The van der Waals surface area contributed by atoms with Crippen molar-refractivity contribution in [2.24, 2.45) is 0 Å². The van der Waals surface area contributed by atoms with Gasteiger partial charge < -0.3 is 9.15 Å². The fraction of sp³-hybridized carbons (Fsp3) is 0.333. The molecule has 1 aromatic carbocycles. The van der Waals surface area contributed by atoms with Crippen molar-refractivity contribution in [3.8, 4) is 0 Å². The number of carbonyl (C=O) groups is 1. The Morgan fingerprint density at radius 3 is 2.89 bits per heavy atom. The van der Waals surface area contributed by atoms with Crippen LogP contribution in [0.3, 0.4) is 0 Å². The normalized spacial score (nSPS) is 21.1. The summed E-state index contributed by atoms with van der Waals surface area (Å²) < 4.78 is 10.4. The van der Waals surface area contributed by atoms with E-state index >= 15 is 0 Å². The van der Waals surface area contributed by atoms with Gasteiger partial charge in [-0.3, -0.25) is 0 Å². The number of rotatable bonds is 4. The molecule has 1 aliphatic rings. The highest BCUT2D eigenvalue weighted by Gasteiger charge is 2.44. The summed E-state index contributed by atoms with van der Waals surface area (Å²) in [7, 11) is 0. The van der Waals surface area contributed by atoms with Gasteiger partial charge in [-0.05, 0) is 24.8 Å². The Morgan fingerprint density at radius 2 is 2.16 bits per heavy atom. The maximum atomic E-state index is 11.8. The highest BCUT2D eigenvalue weighted by Crippen LogP contribution is 2.55. The second kappa shape index (κ2) is 4.88. The van der Waals surface area contributed by atoms with Gasteiger partial charge in [0.2, 0.25) is 0 Å². The van der Waals surface area contributed by atoms with Gasteiger partial charge in [0, 0.05) is 5.92 Å². The second-order valence-corrected chi connectivity index (χ2v) is 4.65. The molecule has 0 spiro atoms. The van der Waals surface area contributed by atoms with Crippen LogP contribution in [-0.2, 0) is 4.74 Å². The van der Waals surface area contributed by atoms with Gasteiger partial charge in [0.05, 0.1) is 6.61 Å². The third-order valence-corrected chi connectivity index (χ3v) is 3.42. The summed E-state index contributed by atoms with van der Waals surface area (Å²) in [6.45, 7) is 2.12. The zero-order chi connectivity index (χ0) is 13.2. The molecule has 1 aliphatic carbocycles. The number of carbonyl (C=O) groups excluding carboxylic acids is 1. The molecule has 0 amide bonds. The Hall–Kier alpha value is -2.10. The summed E-state index contributed by atoms with van der Waals surface area (Å²) >= 11 is 0. The molecule has 3 rings (SSSR count). The first-order valence-electron chi connectivity index (χ1n) is 6.46. The molecule has 0 radical (unpaired) electrons. The zero-order valence-corrected chi connectivity index (χ0v) is 10.7. The molecule has 2 atom stereocenters. The zero-order valence-electron chi connectivity index (χ0n) is 10.7. The Kier molecular flexibility index (Phi) is 3.07. The molecule has 2 aromatic rings. The summed E-state index contributed by atoms with van der Waals surface area (Å²) in [4.78, 5) is 15.7. The molecular formula is C15H15NO3. The van der Waals surface area contributed by atoms with Gasteiger partial charge in [0.15, 0.2) is 12.1 Å². The van der Waals surface area contributed by atoms with Crippen LogP contribution in [0, 0.1) is 0 Å². The molecule has 1 saturated carbocycles. The maximum Gasteiger partial charge on any atom is 0.360 e. The third kappa shape index (κ3) is 2.26. The fourth-order valence-electron chi connectivity index (χ4n) is 2.42. The van der Waals surface area contributed by atoms with E-state index < -0.39 is 5.97 Å². The van der Waals surface area contributed by atoms with Crippen molar-refractivity contribution in [2.75, 3.05) is 6.61 Å². The molecule has 0 saturated heterocycles. The minimum absolute atomic E-state index is 0.240. The SMILES string of the molecule is CCOC(=O)c1ncoc1C1CC1c1ccccc1. The standard InChI is InChI=1S/C15H15NO3/c1-2-18-15(17)13-14(19-9-16-13)12-8-11(12)10-6-4-3-5-7-10/h3-7,9,11-12H,2,8H2,1H3. The Labute approximate surface area is 111 Å². The molecule has 0 N–H and O–H groups in total. The number of aromatic nitrogens is 1. The monoisotopic (exact) mass is 257 g/mol.